The Bertz CT molecular complexity index is 300. The number of nitrogens with zero attached hydrogens (tertiary/aromatic N) is 1. The van der Waals surface area contributed by atoms with Gasteiger partial charge in [-0.3, -0.25) is 0 Å². The van der Waals surface area contributed by atoms with Crippen molar-refractivity contribution in [2.45, 2.75) is 13.8 Å². The van der Waals surface area contributed by atoms with Gasteiger partial charge in [-0.1, -0.05) is 15.9 Å². The van der Waals surface area contributed by atoms with Crippen LogP contribution in [0, 0.1) is 25.2 Å². The number of rotatable bonds is 0. The minimum atomic E-state index is 0.708. The van der Waals surface area contributed by atoms with Gasteiger partial charge in [-0.25, -0.2) is 0 Å². The van der Waals surface area contributed by atoms with Crippen molar-refractivity contribution in [1.29, 1.82) is 5.26 Å². The van der Waals surface area contributed by atoms with E-state index in [1.165, 1.54) is 5.56 Å². The summed E-state index contributed by atoms with van der Waals surface area (Å²) in [7, 11) is 0. The number of hydrogen-bond acceptors (Lipinski definition) is 1. The minimum Gasteiger partial charge on any atom is -0.192 e. The van der Waals surface area contributed by atoms with Crippen LogP contribution in [0.25, 0.3) is 0 Å². The second-order valence-electron chi connectivity index (χ2n) is 2.51. The fourth-order valence-corrected chi connectivity index (χ4v) is 1.44. The predicted octanol–water partition coefficient (Wildman–Crippen LogP) is 2.94. The highest BCUT2D eigenvalue weighted by Crippen LogP contribution is 2.20. The lowest BCUT2D eigenvalue weighted by molar-refractivity contribution is 1.30. The molecule has 1 rings (SSSR count). The number of halogens is 1. The zero-order valence-corrected chi connectivity index (χ0v) is 8.07. The van der Waals surface area contributed by atoms with Crippen molar-refractivity contribution in [2.24, 2.45) is 0 Å². The predicted molar refractivity (Wildman–Crippen MR) is 48.3 cm³/mol. The van der Waals surface area contributed by atoms with Crippen LogP contribution in [0.3, 0.4) is 0 Å². The molecule has 2 heteroatoms. The molecule has 0 aliphatic carbocycles. The van der Waals surface area contributed by atoms with E-state index in [1.807, 2.05) is 26.0 Å². The first-order valence-corrected chi connectivity index (χ1v) is 4.11. The molecule has 0 saturated carbocycles. The van der Waals surface area contributed by atoms with E-state index < -0.39 is 0 Å². The van der Waals surface area contributed by atoms with Crippen molar-refractivity contribution in [2.75, 3.05) is 0 Å². The molecular formula is C9H8BrN. The van der Waals surface area contributed by atoms with Crippen molar-refractivity contribution in [3.05, 3.63) is 33.3 Å². The molecular weight excluding hydrogens is 202 g/mol. The third kappa shape index (κ3) is 1.61. The highest BCUT2D eigenvalue weighted by atomic mass is 79.9. The first-order chi connectivity index (χ1) is 5.15. The second-order valence-corrected chi connectivity index (χ2v) is 3.37. The molecule has 1 aromatic rings. The van der Waals surface area contributed by atoms with Crippen molar-refractivity contribution >= 4 is 15.9 Å². The monoisotopic (exact) mass is 209 g/mol. The fourth-order valence-electron chi connectivity index (χ4n) is 0.881. The van der Waals surface area contributed by atoms with E-state index in [2.05, 4.69) is 22.0 Å². The number of hydrogen-bond donors (Lipinski definition) is 0. The number of nitriles is 1. The lowest BCUT2D eigenvalue weighted by Crippen LogP contribution is -1.84. The maximum Gasteiger partial charge on any atom is 0.0992 e. The summed E-state index contributed by atoms with van der Waals surface area (Å²) in [5.74, 6) is 0. The van der Waals surface area contributed by atoms with Gasteiger partial charge in [0.15, 0.2) is 0 Å². The Kier molecular flexibility index (Phi) is 2.31. The highest BCUT2D eigenvalue weighted by Gasteiger charge is 2.00. The number of benzene rings is 1. The molecule has 1 nitrogen and oxygen atoms in total. The lowest BCUT2D eigenvalue weighted by Gasteiger charge is -2.02. The van der Waals surface area contributed by atoms with Gasteiger partial charge in [0.25, 0.3) is 0 Å². The first kappa shape index (κ1) is 8.29. The molecule has 0 fully saturated rings. The van der Waals surface area contributed by atoms with Crippen LogP contribution in [-0.4, -0.2) is 0 Å². The Balaban J connectivity index is 3.35. The molecule has 11 heavy (non-hydrogen) atoms. The van der Waals surface area contributed by atoms with Gasteiger partial charge in [0.1, 0.15) is 0 Å². The summed E-state index contributed by atoms with van der Waals surface area (Å²) in [5, 5.41) is 8.61. The van der Waals surface area contributed by atoms with E-state index in [-0.39, 0.29) is 0 Å². The zero-order valence-electron chi connectivity index (χ0n) is 6.48. The lowest BCUT2D eigenvalue weighted by atomic mass is 10.1. The molecule has 0 unspecified atom stereocenters. The van der Waals surface area contributed by atoms with E-state index in [9.17, 15) is 0 Å². The molecule has 0 heterocycles. The normalized spacial score (nSPS) is 9.27. The fraction of sp³-hybridized carbons (Fsp3) is 0.222. The van der Waals surface area contributed by atoms with Crippen LogP contribution in [0.2, 0.25) is 0 Å². The molecule has 0 amide bonds. The summed E-state index contributed by atoms with van der Waals surface area (Å²) in [5.41, 5.74) is 3.06. The largest absolute Gasteiger partial charge is 0.192 e. The van der Waals surface area contributed by atoms with Crippen LogP contribution in [0.4, 0.5) is 0 Å². The molecule has 0 saturated heterocycles. The minimum absolute atomic E-state index is 0.708. The topological polar surface area (TPSA) is 23.8 Å². The van der Waals surface area contributed by atoms with Gasteiger partial charge in [-0.05, 0) is 37.1 Å². The third-order valence-electron chi connectivity index (χ3n) is 1.73. The Hall–Kier alpha value is -0.810. The van der Waals surface area contributed by atoms with Crippen LogP contribution in [-0.2, 0) is 0 Å². The van der Waals surface area contributed by atoms with Gasteiger partial charge in [0, 0.05) is 4.47 Å². The molecule has 0 aliphatic heterocycles. The van der Waals surface area contributed by atoms with E-state index in [0.717, 1.165) is 10.0 Å². The van der Waals surface area contributed by atoms with Gasteiger partial charge in [-0.2, -0.15) is 5.26 Å². The van der Waals surface area contributed by atoms with Crippen LogP contribution >= 0.6 is 15.9 Å². The van der Waals surface area contributed by atoms with Gasteiger partial charge in [0.2, 0.25) is 0 Å². The Morgan fingerprint density at radius 3 is 2.45 bits per heavy atom. The summed E-state index contributed by atoms with van der Waals surface area (Å²) in [6, 6.07) is 5.83. The van der Waals surface area contributed by atoms with Gasteiger partial charge in [0.05, 0.1) is 11.6 Å². The molecule has 0 bridgehead atoms. The standard InChI is InChI=1S/C9H8BrN/c1-6-3-8(5-11)4-9(10)7(6)2/h3-4H,1-2H3. The average molecular weight is 210 g/mol. The van der Waals surface area contributed by atoms with Crippen molar-refractivity contribution in [1.82, 2.24) is 0 Å². The Labute approximate surface area is 74.8 Å². The smallest absolute Gasteiger partial charge is 0.0992 e. The summed E-state index contributed by atoms with van der Waals surface area (Å²) in [4.78, 5) is 0. The summed E-state index contributed by atoms with van der Waals surface area (Å²) in [6.45, 7) is 4.03. The van der Waals surface area contributed by atoms with Gasteiger partial charge >= 0.3 is 0 Å². The molecule has 0 aromatic heterocycles. The molecule has 56 valence electrons. The van der Waals surface area contributed by atoms with Gasteiger partial charge < -0.3 is 0 Å². The summed E-state index contributed by atoms with van der Waals surface area (Å²) < 4.78 is 1.01. The maximum absolute atomic E-state index is 8.61. The van der Waals surface area contributed by atoms with E-state index in [0.29, 0.717) is 5.56 Å². The van der Waals surface area contributed by atoms with Crippen LogP contribution in [0.5, 0.6) is 0 Å². The summed E-state index contributed by atoms with van der Waals surface area (Å²) >= 11 is 3.39. The first-order valence-electron chi connectivity index (χ1n) is 3.32. The number of aryl methyl sites for hydroxylation is 1. The molecule has 0 N–H and O–H groups in total. The Morgan fingerprint density at radius 1 is 1.36 bits per heavy atom. The van der Waals surface area contributed by atoms with E-state index in [1.54, 1.807) is 0 Å². The van der Waals surface area contributed by atoms with E-state index in [4.69, 9.17) is 5.26 Å². The van der Waals surface area contributed by atoms with Crippen LogP contribution < -0.4 is 0 Å². The maximum atomic E-state index is 8.61. The van der Waals surface area contributed by atoms with Crippen molar-refractivity contribution in [3.8, 4) is 6.07 Å². The molecule has 1 aromatic carbocycles. The van der Waals surface area contributed by atoms with Crippen LogP contribution in [0.1, 0.15) is 16.7 Å². The quantitative estimate of drug-likeness (QED) is 0.645. The average Bonchev–Trinajstić information content (AvgIpc) is 1.99. The molecule has 0 spiro atoms. The molecule has 0 aliphatic rings. The third-order valence-corrected chi connectivity index (χ3v) is 2.56. The molecule has 0 atom stereocenters. The van der Waals surface area contributed by atoms with Gasteiger partial charge in [-0.15, -0.1) is 0 Å². The molecule has 0 radical (unpaired) electrons. The second kappa shape index (κ2) is 3.06. The SMILES string of the molecule is Cc1cc(C#N)cc(Br)c1C. The zero-order chi connectivity index (χ0) is 8.43. The highest BCUT2D eigenvalue weighted by molar-refractivity contribution is 9.10. The van der Waals surface area contributed by atoms with E-state index >= 15 is 0 Å². The van der Waals surface area contributed by atoms with Crippen molar-refractivity contribution in [3.63, 3.8) is 0 Å². The van der Waals surface area contributed by atoms with Crippen molar-refractivity contribution < 1.29 is 0 Å². The Morgan fingerprint density at radius 2 is 2.00 bits per heavy atom. The van der Waals surface area contributed by atoms with Crippen LogP contribution in [0.15, 0.2) is 16.6 Å². The summed E-state index contributed by atoms with van der Waals surface area (Å²) in [6.07, 6.45) is 0.